The monoisotopic (exact) mass is 496 g/mol. The first-order valence-corrected chi connectivity index (χ1v) is 11.7. The Kier molecular flexibility index (Phi) is 8.33. The van der Waals surface area contributed by atoms with Crippen LogP contribution in [0.4, 0.5) is 0 Å². The molecule has 4 rings (SSSR count). The Hall–Kier alpha value is -4.85. The largest absolute Gasteiger partial charge is 0.497 e. The number of para-hydroxylation sites is 2. The predicted octanol–water partition coefficient (Wildman–Crippen LogP) is 4.11. The van der Waals surface area contributed by atoms with Gasteiger partial charge in [-0.25, -0.2) is 4.98 Å². The van der Waals surface area contributed by atoms with Gasteiger partial charge in [0.1, 0.15) is 23.0 Å². The molecule has 0 fully saturated rings. The van der Waals surface area contributed by atoms with E-state index in [0.29, 0.717) is 18.7 Å². The number of fused-ring (bicyclic) bond motifs is 1. The van der Waals surface area contributed by atoms with E-state index in [1.54, 1.807) is 50.6 Å². The van der Waals surface area contributed by atoms with Crippen LogP contribution < -0.4 is 20.1 Å². The van der Waals surface area contributed by atoms with E-state index in [9.17, 15) is 9.59 Å². The van der Waals surface area contributed by atoms with Crippen molar-refractivity contribution in [3.63, 3.8) is 0 Å². The van der Waals surface area contributed by atoms with Gasteiger partial charge < -0.3 is 25.1 Å². The fourth-order valence-electron chi connectivity index (χ4n) is 3.60. The number of benzene rings is 3. The topological polar surface area (TPSA) is 105 Å². The van der Waals surface area contributed by atoms with Crippen LogP contribution in [0, 0.1) is 0 Å². The molecule has 3 N–H and O–H groups in total. The third-order valence-corrected chi connectivity index (χ3v) is 5.56. The number of hydrogen-bond acceptors (Lipinski definition) is 5. The molecule has 0 aliphatic carbocycles. The maximum atomic E-state index is 13.0. The molecule has 0 saturated carbocycles. The molecule has 0 spiro atoms. The molecule has 0 atom stereocenters. The number of aromatic amines is 1. The van der Waals surface area contributed by atoms with Gasteiger partial charge in [-0.2, -0.15) is 0 Å². The highest BCUT2D eigenvalue weighted by Gasteiger charge is 2.13. The molecular formula is C29H28N4O4. The van der Waals surface area contributed by atoms with Crippen molar-refractivity contribution in [3.05, 3.63) is 102 Å². The molecule has 8 heteroatoms. The number of methoxy groups -OCH3 is 2. The van der Waals surface area contributed by atoms with E-state index in [2.05, 4.69) is 20.6 Å². The number of aromatic nitrogens is 2. The Balaban J connectivity index is 1.44. The fourth-order valence-corrected chi connectivity index (χ4v) is 3.60. The Labute approximate surface area is 215 Å². The van der Waals surface area contributed by atoms with Gasteiger partial charge in [0.15, 0.2) is 0 Å². The zero-order chi connectivity index (χ0) is 26.0. The Bertz CT molecular complexity index is 1390. The molecule has 0 radical (unpaired) electrons. The molecule has 4 aromatic rings. The highest BCUT2D eigenvalue weighted by Crippen LogP contribution is 2.15. The van der Waals surface area contributed by atoms with Crippen molar-refractivity contribution in [2.45, 2.75) is 6.42 Å². The number of H-pyrrole nitrogens is 1. The first-order valence-electron chi connectivity index (χ1n) is 11.7. The lowest BCUT2D eigenvalue weighted by Crippen LogP contribution is -2.35. The summed E-state index contributed by atoms with van der Waals surface area (Å²) in [6.07, 6.45) is 5.18. The Morgan fingerprint density at radius 1 is 0.892 bits per heavy atom. The van der Waals surface area contributed by atoms with Crippen LogP contribution in [-0.2, 0) is 16.0 Å². The van der Waals surface area contributed by atoms with E-state index < -0.39 is 11.8 Å². The van der Waals surface area contributed by atoms with Gasteiger partial charge in [-0.05, 0) is 59.7 Å². The van der Waals surface area contributed by atoms with Gasteiger partial charge in [0.25, 0.3) is 5.91 Å². The molecule has 0 unspecified atom stereocenters. The summed E-state index contributed by atoms with van der Waals surface area (Å²) < 4.78 is 10.3. The second-order valence-electron chi connectivity index (χ2n) is 8.13. The molecule has 8 nitrogen and oxygen atoms in total. The SMILES string of the molecule is COc1ccc(/C=C(\NC(=O)/C=C/c2ccc(OC)cc2)C(=O)NCCc2nc3ccccc3[nH]2)cc1. The average molecular weight is 497 g/mol. The summed E-state index contributed by atoms with van der Waals surface area (Å²) >= 11 is 0. The standard InChI is InChI=1S/C29H28N4O4/c1-36-22-12-7-20(8-13-22)11-16-28(34)33-26(19-21-9-14-23(37-2)15-10-21)29(35)30-18-17-27-31-24-5-3-4-6-25(24)32-27/h3-16,19H,17-18H2,1-2H3,(H,30,35)(H,31,32)(H,33,34)/b16-11+,26-19-. The minimum absolute atomic E-state index is 0.124. The maximum absolute atomic E-state index is 13.0. The van der Waals surface area contributed by atoms with Crippen molar-refractivity contribution in [1.82, 2.24) is 20.6 Å². The van der Waals surface area contributed by atoms with E-state index in [1.807, 2.05) is 48.5 Å². The quantitative estimate of drug-likeness (QED) is 0.287. The number of amides is 2. The Morgan fingerprint density at radius 3 is 2.19 bits per heavy atom. The lowest BCUT2D eigenvalue weighted by molar-refractivity contribution is -0.121. The summed E-state index contributed by atoms with van der Waals surface area (Å²) in [5, 5.41) is 5.57. The average Bonchev–Trinajstić information content (AvgIpc) is 3.35. The molecule has 1 aromatic heterocycles. The predicted molar refractivity (Wildman–Crippen MR) is 144 cm³/mol. The lowest BCUT2D eigenvalue weighted by atomic mass is 10.1. The van der Waals surface area contributed by atoms with Crippen molar-refractivity contribution in [2.24, 2.45) is 0 Å². The summed E-state index contributed by atoms with van der Waals surface area (Å²) in [5.74, 6) is 1.36. The van der Waals surface area contributed by atoms with Gasteiger partial charge in [-0.1, -0.05) is 36.4 Å². The number of carbonyl (C=O) groups excluding carboxylic acids is 2. The minimum atomic E-state index is -0.428. The summed E-state index contributed by atoms with van der Waals surface area (Å²) in [7, 11) is 3.18. The van der Waals surface area contributed by atoms with Crippen molar-refractivity contribution in [2.75, 3.05) is 20.8 Å². The minimum Gasteiger partial charge on any atom is -0.497 e. The molecule has 2 amide bonds. The molecule has 37 heavy (non-hydrogen) atoms. The number of hydrogen-bond donors (Lipinski definition) is 3. The van der Waals surface area contributed by atoms with E-state index >= 15 is 0 Å². The normalized spacial score (nSPS) is 11.5. The van der Waals surface area contributed by atoms with Crippen molar-refractivity contribution >= 4 is 35.0 Å². The zero-order valence-electron chi connectivity index (χ0n) is 20.7. The van der Waals surface area contributed by atoms with Gasteiger partial charge in [-0.3, -0.25) is 9.59 Å². The maximum Gasteiger partial charge on any atom is 0.267 e. The summed E-state index contributed by atoms with van der Waals surface area (Å²) in [4.78, 5) is 33.5. The van der Waals surface area contributed by atoms with Crippen LogP contribution in [-0.4, -0.2) is 42.5 Å². The highest BCUT2D eigenvalue weighted by atomic mass is 16.5. The van der Waals surface area contributed by atoms with Crippen LogP contribution in [0.1, 0.15) is 17.0 Å². The molecular weight excluding hydrogens is 468 g/mol. The van der Waals surface area contributed by atoms with Crippen LogP contribution in [0.5, 0.6) is 11.5 Å². The van der Waals surface area contributed by atoms with E-state index in [1.165, 1.54) is 6.08 Å². The van der Waals surface area contributed by atoms with Crippen LogP contribution in [0.2, 0.25) is 0 Å². The number of nitrogens with one attached hydrogen (secondary N) is 3. The smallest absolute Gasteiger partial charge is 0.267 e. The molecule has 0 saturated heterocycles. The first-order chi connectivity index (χ1) is 18.0. The second kappa shape index (κ2) is 12.2. The number of ether oxygens (including phenoxy) is 2. The van der Waals surface area contributed by atoms with Crippen LogP contribution in [0.3, 0.4) is 0 Å². The molecule has 1 heterocycles. The first kappa shape index (κ1) is 25.2. The molecule has 0 aliphatic rings. The number of rotatable bonds is 10. The highest BCUT2D eigenvalue weighted by molar-refractivity contribution is 6.04. The molecule has 188 valence electrons. The van der Waals surface area contributed by atoms with Gasteiger partial charge in [0, 0.05) is 19.0 Å². The van der Waals surface area contributed by atoms with Crippen molar-refractivity contribution in [1.29, 1.82) is 0 Å². The molecule has 3 aromatic carbocycles. The van der Waals surface area contributed by atoms with Gasteiger partial charge in [-0.15, -0.1) is 0 Å². The summed E-state index contributed by atoms with van der Waals surface area (Å²) in [5.41, 5.74) is 3.51. The number of imidazole rings is 1. The van der Waals surface area contributed by atoms with Crippen molar-refractivity contribution < 1.29 is 19.1 Å². The third kappa shape index (κ3) is 7.08. The van der Waals surface area contributed by atoms with Crippen molar-refractivity contribution in [3.8, 4) is 11.5 Å². The van der Waals surface area contributed by atoms with E-state index in [-0.39, 0.29) is 5.70 Å². The second-order valence-corrected chi connectivity index (χ2v) is 8.13. The summed E-state index contributed by atoms with van der Waals surface area (Å²) in [6.45, 7) is 0.343. The molecule has 0 bridgehead atoms. The van der Waals surface area contributed by atoms with Crippen LogP contribution >= 0.6 is 0 Å². The van der Waals surface area contributed by atoms with Crippen LogP contribution in [0.15, 0.2) is 84.6 Å². The van der Waals surface area contributed by atoms with Gasteiger partial charge in [0.05, 0.1) is 25.3 Å². The van der Waals surface area contributed by atoms with Gasteiger partial charge in [0.2, 0.25) is 5.91 Å². The number of carbonyl (C=O) groups is 2. The third-order valence-electron chi connectivity index (χ3n) is 5.56. The fraction of sp³-hybridized carbons (Fsp3) is 0.138. The lowest BCUT2D eigenvalue weighted by Gasteiger charge is -2.10. The Morgan fingerprint density at radius 2 is 1.54 bits per heavy atom. The van der Waals surface area contributed by atoms with E-state index in [0.717, 1.165) is 33.7 Å². The summed E-state index contributed by atoms with van der Waals surface area (Å²) in [6, 6.07) is 22.2. The molecule has 0 aliphatic heterocycles. The number of nitrogens with zero attached hydrogens (tertiary/aromatic N) is 1. The van der Waals surface area contributed by atoms with Crippen LogP contribution in [0.25, 0.3) is 23.2 Å². The van der Waals surface area contributed by atoms with E-state index in [4.69, 9.17) is 9.47 Å². The van der Waals surface area contributed by atoms with Gasteiger partial charge >= 0.3 is 0 Å². The zero-order valence-corrected chi connectivity index (χ0v) is 20.7.